The van der Waals surface area contributed by atoms with Crippen LogP contribution in [0.2, 0.25) is 5.02 Å². The molecule has 6 heteroatoms. The molecule has 0 saturated heterocycles. The summed E-state index contributed by atoms with van der Waals surface area (Å²) >= 11 is 5.86. The summed E-state index contributed by atoms with van der Waals surface area (Å²) in [4.78, 5) is 7.94. The van der Waals surface area contributed by atoms with Crippen molar-refractivity contribution < 1.29 is 4.74 Å². The minimum Gasteiger partial charge on any atom is -0.472 e. The first-order valence-electron chi connectivity index (χ1n) is 5.19. The molecule has 0 aliphatic rings. The molecule has 0 amide bonds. The van der Waals surface area contributed by atoms with Crippen LogP contribution in [0.4, 0.5) is 0 Å². The maximum Gasteiger partial charge on any atom is 0.232 e. The molecule has 1 aromatic carbocycles. The van der Waals surface area contributed by atoms with E-state index in [0.29, 0.717) is 23.2 Å². The van der Waals surface area contributed by atoms with Gasteiger partial charge in [-0.25, -0.2) is 9.97 Å². The van der Waals surface area contributed by atoms with Gasteiger partial charge in [0, 0.05) is 5.02 Å². The van der Waals surface area contributed by atoms with E-state index in [9.17, 15) is 0 Å². The molecule has 0 aliphatic carbocycles. The molecule has 3 N–H and O–H groups in total. The van der Waals surface area contributed by atoms with E-state index in [0.717, 1.165) is 5.56 Å². The summed E-state index contributed by atoms with van der Waals surface area (Å²) < 4.78 is 5.44. The van der Waals surface area contributed by atoms with Crippen LogP contribution in [0.5, 0.6) is 5.88 Å². The maximum atomic E-state index is 7.19. The van der Waals surface area contributed by atoms with E-state index in [4.69, 9.17) is 27.5 Å². The first-order valence-corrected chi connectivity index (χ1v) is 5.56. The molecule has 0 atom stereocenters. The van der Waals surface area contributed by atoms with Gasteiger partial charge in [0.1, 0.15) is 18.1 Å². The molecule has 0 unspecified atom stereocenters. The molecular formula is C12H11ClN4O. The van der Waals surface area contributed by atoms with Crippen molar-refractivity contribution in [3.8, 4) is 5.88 Å². The molecule has 0 bridgehead atoms. The third-order valence-corrected chi connectivity index (χ3v) is 2.41. The molecule has 0 spiro atoms. The lowest BCUT2D eigenvalue weighted by Crippen LogP contribution is -2.13. The second-order valence-electron chi connectivity index (χ2n) is 3.57. The molecule has 1 aromatic heterocycles. The molecule has 1 heterocycles. The molecule has 0 aliphatic heterocycles. The highest BCUT2D eigenvalue weighted by molar-refractivity contribution is 6.30. The summed E-state index contributed by atoms with van der Waals surface area (Å²) in [6, 6.07) is 7.38. The SMILES string of the molecule is N=C(N)c1cnc(OCc2cccc(Cl)c2)cn1. The highest BCUT2D eigenvalue weighted by Gasteiger charge is 2.01. The van der Waals surface area contributed by atoms with E-state index >= 15 is 0 Å². The third-order valence-electron chi connectivity index (χ3n) is 2.18. The summed E-state index contributed by atoms with van der Waals surface area (Å²) in [5.74, 6) is 0.254. The number of halogens is 1. The van der Waals surface area contributed by atoms with Crippen LogP contribution in [0.25, 0.3) is 0 Å². The van der Waals surface area contributed by atoms with Gasteiger partial charge >= 0.3 is 0 Å². The summed E-state index contributed by atoms with van der Waals surface area (Å²) in [5.41, 5.74) is 6.54. The van der Waals surface area contributed by atoms with Crippen molar-refractivity contribution in [1.29, 1.82) is 5.41 Å². The van der Waals surface area contributed by atoms with Crippen molar-refractivity contribution in [1.82, 2.24) is 9.97 Å². The fraction of sp³-hybridized carbons (Fsp3) is 0.0833. The van der Waals surface area contributed by atoms with Gasteiger partial charge < -0.3 is 10.5 Å². The van der Waals surface area contributed by atoms with Gasteiger partial charge in [-0.05, 0) is 17.7 Å². The first-order chi connectivity index (χ1) is 8.65. The number of amidine groups is 1. The highest BCUT2D eigenvalue weighted by atomic mass is 35.5. The van der Waals surface area contributed by atoms with E-state index in [1.54, 1.807) is 6.07 Å². The maximum absolute atomic E-state index is 7.19. The number of benzene rings is 1. The Morgan fingerprint density at radius 1 is 1.33 bits per heavy atom. The Balaban J connectivity index is 2.00. The van der Waals surface area contributed by atoms with Gasteiger partial charge in [-0.3, -0.25) is 5.41 Å². The standard InChI is InChI=1S/C12H11ClN4O/c13-9-3-1-2-8(4-9)7-18-11-6-16-10(5-17-11)12(14)15/h1-6H,7H2,(H3,14,15). The van der Waals surface area contributed by atoms with Crippen molar-refractivity contribution in [2.75, 3.05) is 0 Å². The predicted molar refractivity (Wildman–Crippen MR) is 68.8 cm³/mol. The number of rotatable bonds is 4. The summed E-state index contributed by atoms with van der Waals surface area (Å²) in [7, 11) is 0. The highest BCUT2D eigenvalue weighted by Crippen LogP contribution is 2.13. The average molecular weight is 263 g/mol. The molecule has 5 nitrogen and oxygen atoms in total. The van der Waals surface area contributed by atoms with Gasteiger partial charge in [-0.15, -0.1) is 0 Å². The van der Waals surface area contributed by atoms with Crippen molar-refractivity contribution in [2.45, 2.75) is 6.61 Å². The Kier molecular flexibility index (Phi) is 3.74. The Morgan fingerprint density at radius 3 is 2.78 bits per heavy atom. The van der Waals surface area contributed by atoms with Crippen LogP contribution >= 0.6 is 11.6 Å². The van der Waals surface area contributed by atoms with Crippen molar-refractivity contribution in [3.05, 3.63) is 52.9 Å². The first kappa shape index (κ1) is 12.3. The van der Waals surface area contributed by atoms with Gasteiger partial charge in [-0.1, -0.05) is 23.7 Å². The molecule has 92 valence electrons. The number of nitrogens with two attached hydrogens (primary N) is 1. The van der Waals surface area contributed by atoms with Crippen LogP contribution in [-0.4, -0.2) is 15.8 Å². The van der Waals surface area contributed by atoms with Crippen LogP contribution < -0.4 is 10.5 Å². The number of nitrogen functional groups attached to an aromatic ring is 1. The zero-order chi connectivity index (χ0) is 13.0. The van der Waals surface area contributed by atoms with Gasteiger partial charge in [0.25, 0.3) is 0 Å². The lowest BCUT2D eigenvalue weighted by Gasteiger charge is -2.05. The van der Waals surface area contributed by atoms with Gasteiger partial charge in [0.05, 0.1) is 12.4 Å². The number of nitrogens with zero attached hydrogens (tertiary/aromatic N) is 2. The van der Waals surface area contributed by atoms with Crippen LogP contribution in [0.1, 0.15) is 11.3 Å². The molecular weight excluding hydrogens is 252 g/mol. The van der Waals surface area contributed by atoms with E-state index in [-0.39, 0.29) is 5.84 Å². The molecule has 0 fully saturated rings. The summed E-state index contributed by atoms with van der Waals surface area (Å²) in [6.45, 7) is 0.356. The number of aromatic nitrogens is 2. The third kappa shape index (κ3) is 3.18. The number of hydrogen-bond acceptors (Lipinski definition) is 4. The Hall–Kier alpha value is -2.14. The van der Waals surface area contributed by atoms with Crippen molar-refractivity contribution in [3.63, 3.8) is 0 Å². The van der Waals surface area contributed by atoms with E-state index in [1.165, 1.54) is 12.4 Å². The summed E-state index contributed by atoms with van der Waals surface area (Å²) in [5, 5.41) is 7.85. The van der Waals surface area contributed by atoms with Gasteiger partial charge in [-0.2, -0.15) is 0 Å². The van der Waals surface area contributed by atoms with Crippen molar-refractivity contribution >= 4 is 17.4 Å². The Bertz CT molecular complexity index is 556. The van der Waals surface area contributed by atoms with Crippen LogP contribution in [-0.2, 0) is 6.61 Å². The zero-order valence-electron chi connectivity index (χ0n) is 9.43. The quantitative estimate of drug-likeness (QED) is 0.652. The minimum absolute atomic E-state index is 0.121. The smallest absolute Gasteiger partial charge is 0.232 e. The second-order valence-corrected chi connectivity index (χ2v) is 4.01. The molecule has 18 heavy (non-hydrogen) atoms. The predicted octanol–water partition coefficient (Wildman–Crippen LogP) is 1.99. The number of nitrogens with one attached hydrogen (secondary N) is 1. The lowest BCUT2D eigenvalue weighted by molar-refractivity contribution is 0.292. The van der Waals surface area contributed by atoms with Crippen LogP contribution in [0.15, 0.2) is 36.7 Å². The van der Waals surface area contributed by atoms with Crippen molar-refractivity contribution in [2.24, 2.45) is 5.73 Å². The monoisotopic (exact) mass is 262 g/mol. The Morgan fingerprint density at radius 2 is 2.17 bits per heavy atom. The summed E-state index contributed by atoms with van der Waals surface area (Å²) in [6.07, 6.45) is 2.83. The number of hydrogen-bond donors (Lipinski definition) is 2. The fourth-order valence-electron chi connectivity index (χ4n) is 1.31. The second kappa shape index (κ2) is 5.46. The number of ether oxygens (including phenoxy) is 1. The molecule has 0 radical (unpaired) electrons. The van der Waals surface area contributed by atoms with Crippen LogP contribution in [0, 0.1) is 5.41 Å². The molecule has 0 saturated carbocycles. The zero-order valence-corrected chi connectivity index (χ0v) is 10.2. The minimum atomic E-state index is -0.121. The van der Waals surface area contributed by atoms with E-state index < -0.39 is 0 Å². The molecule has 2 rings (SSSR count). The van der Waals surface area contributed by atoms with Gasteiger partial charge in [0.15, 0.2) is 0 Å². The molecule has 2 aromatic rings. The normalized spacial score (nSPS) is 10.1. The Labute approximate surface area is 109 Å². The fourth-order valence-corrected chi connectivity index (χ4v) is 1.53. The van der Waals surface area contributed by atoms with E-state index in [1.807, 2.05) is 18.2 Å². The van der Waals surface area contributed by atoms with Gasteiger partial charge in [0.2, 0.25) is 5.88 Å². The van der Waals surface area contributed by atoms with E-state index in [2.05, 4.69) is 9.97 Å². The lowest BCUT2D eigenvalue weighted by atomic mass is 10.2. The average Bonchev–Trinajstić information content (AvgIpc) is 2.37. The van der Waals surface area contributed by atoms with Crippen LogP contribution in [0.3, 0.4) is 0 Å². The topological polar surface area (TPSA) is 84.9 Å². The largest absolute Gasteiger partial charge is 0.472 e.